The van der Waals surface area contributed by atoms with Crippen molar-refractivity contribution in [2.75, 3.05) is 18.8 Å². The molecule has 0 aromatic carbocycles. The number of rotatable bonds is 4. The number of hydrogen-bond donors (Lipinski definition) is 0. The standard InChI is InChI=1S/C17H18N2O2S2/c20-16(15-5-3-7-22-15)19-11-17(12-19)8-14(10-23-17)21-9-13-4-1-2-6-18-13/h1-7,14H,8-12H2/t14-/m1/s1. The fraction of sp³-hybridized carbons (Fsp3) is 0.412. The molecule has 1 amide bonds. The van der Waals surface area contributed by atoms with E-state index in [1.807, 2.05) is 52.4 Å². The Labute approximate surface area is 143 Å². The number of pyridine rings is 1. The number of ether oxygens (including phenoxy) is 1. The van der Waals surface area contributed by atoms with Gasteiger partial charge in [0.1, 0.15) is 0 Å². The molecule has 4 rings (SSSR count). The predicted octanol–water partition coefficient (Wildman–Crippen LogP) is 3.06. The number of nitrogens with zero attached hydrogens (tertiary/aromatic N) is 2. The molecule has 0 radical (unpaired) electrons. The maximum Gasteiger partial charge on any atom is 0.264 e. The van der Waals surface area contributed by atoms with Crippen LogP contribution in [-0.4, -0.2) is 45.5 Å². The average Bonchev–Trinajstić information content (AvgIpc) is 3.22. The number of aromatic nitrogens is 1. The van der Waals surface area contributed by atoms with E-state index in [0.29, 0.717) is 6.61 Å². The van der Waals surface area contributed by atoms with E-state index >= 15 is 0 Å². The molecule has 2 aliphatic heterocycles. The average molecular weight is 346 g/mol. The minimum absolute atomic E-state index is 0.170. The van der Waals surface area contributed by atoms with E-state index in [9.17, 15) is 4.79 Å². The number of amides is 1. The van der Waals surface area contributed by atoms with Gasteiger partial charge in [-0.05, 0) is 30.0 Å². The molecule has 23 heavy (non-hydrogen) atoms. The molecule has 0 aliphatic carbocycles. The van der Waals surface area contributed by atoms with Gasteiger partial charge in [0.25, 0.3) is 5.91 Å². The molecule has 1 spiro atoms. The highest BCUT2D eigenvalue weighted by molar-refractivity contribution is 8.01. The first-order chi connectivity index (χ1) is 11.2. The van der Waals surface area contributed by atoms with Gasteiger partial charge in [-0.3, -0.25) is 9.78 Å². The van der Waals surface area contributed by atoms with Crippen molar-refractivity contribution in [2.45, 2.75) is 23.9 Å². The Morgan fingerprint density at radius 3 is 3.00 bits per heavy atom. The van der Waals surface area contributed by atoms with E-state index < -0.39 is 0 Å². The largest absolute Gasteiger partial charge is 0.371 e. The van der Waals surface area contributed by atoms with E-state index in [-0.39, 0.29) is 16.8 Å². The highest BCUT2D eigenvalue weighted by atomic mass is 32.2. The Kier molecular flexibility index (Phi) is 4.13. The number of thiophene rings is 1. The maximum absolute atomic E-state index is 12.3. The number of likely N-dealkylation sites (tertiary alicyclic amines) is 1. The van der Waals surface area contributed by atoms with Crippen LogP contribution in [0.4, 0.5) is 0 Å². The maximum atomic E-state index is 12.3. The molecule has 1 atom stereocenters. The second-order valence-corrected chi connectivity index (χ2v) is 8.53. The summed E-state index contributed by atoms with van der Waals surface area (Å²) in [5.41, 5.74) is 0.974. The molecule has 2 saturated heterocycles. The van der Waals surface area contributed by atoms with Crippen molar-refractivity contribution in [3.8, 4) is 0 Å². The molecule has 2 fully saturated rings. The Balaban J connectivity index is 1.27. The van der Waals surface area contributed by atoms with Crippen LogP contribution in [0.2, 0.25) is 0 Å². The Morgan fingerprint density at radius 1 is 1.35 bits per heavy atom. The first-order valence-electron chi connectivity index (χ1n) is 7.72. The van der Waals surface area contributed by atoms with E-state index in [2.05, 4.69) is 4.98 Å². The van der Waals surface area contributed by atoms with Crippen molar-refractivity contribution in [3.05, 3.63) is 52.5 Å². The first kappa shape index (κ1) is 15.2. The normalized spacial score (nSPS) is 22.3. The predicted molar refractivity (Wildman–Crippen MR) is 92.8 cm³/mol. The van der Waals surface area contributed by atoms with Crippen molar-refractivity contribution in [1.82, 2.24) is 9.88 Å². The second-order valence-electron chi connectivity index (χ2n) is 6.09. The van der Waals surface area contributed by atoms with Crippen LogP contribution in [0.5, 0.6) is 0 Å². The van der Waals surface area contributed by atoms with Crippen LogP contribution in [-0.2, 0) is 11.3 Å². The van der Waals surface area contributed by atoms with Gasteiger partial charge in [0, 0.05) is 25.0 Å². The Bertz CT molecular complexity index is 669. The lowest BCUT2D eigenvalue weighted by Crippen LogP contribution is -2.60. The van der Waals surface area contributed by atoms with Crippen LogP contribution in [0.15, 0.2) is 41.9 Å². The zero-order chi connectivity index (χ0) is 15.7. The molecule has 4 nitrogen and oxygen atoms in total. The van der Waals surface area contributed by atoms with Crippen LogP contribution < -0.4 is 0 Å². The van der Waals surface area contributed by atoms with Crippen molar-refractivity contribution >= 4 is 29.0 Å². The molecule has 2 aromatic rings. The van der Waals surface area contributed by atoms with Crippen molar-refractivity contribution in [3.63, 3.8) is 0 Å². The van der Waals surface area contributed by atoms with Crippen molar-refractivity contribution in [1.29, 1.82) is 0 Å². The second kappa shape index (κ2) is 6.26. The topological polar surface area (TPSA) is 42.4 Å². The summed E-state index contributed by atoms with van der Waals surface area (Å²) < 4.78 is 6.21. The summed E-state index contributed by atoms with van der Waals surface area (Å²) in [6, 6.07) is 9.72. The molecule has 0 N–H and O–H groups in total. The third-order valence-corrected chi connectivity index (χ3v) is 6.78. The van der Waals surface area contributed by atoms with Gasteiger partial charge in [0.2, 0.25) is 0 Å². The zero-order valence-electron chi connectivity index (χ0n) is 12.7. The molecule has 2 aliphatic rings. The third kappa shape index (κ3) is 3.16. The molecule has 6 heteroatoms. The number of thioether (sulfide) groups is 1. The summed E-state index contributed by atoms with van der Waals surface area (Å²) in [6.07, 6.45) is 3.09. The molecule has 2 aromatic heterocycles. The highest BCUT2D eigenvalue weighted by Crippen LogP contribution is 2.46. The van der Waals surface area contributed by atoms with Gasteiger partial charge in [0.05, 0.1) is 28.0 Å². The van der Waals surface area contributed by atoms with E-state index in [1.54, 1.807) is 6.20 Å². The molecule has 0 bridgehead atoms. The fourth-order valence-electron chi connectivity index (χ4n) is 3.17. The van der Waals surface area contributed by atoms with Crippen LogP contribution in [0.1, 0.15) is 21.8 Å². The quantitative estimate of drug-likeness (QED) is 0.853. The van der Waals surface area contributed by atoms with Gasteiger partial charge in [-0.2, -0.15) is 0 Å². The van der Waals surface area contributed by atoms with E-state index in [4.69, 9.17) is 4.74 Å². The molecule has 0 unspecified atom stereocenters. The van der Waals surface area contributed by atoms with Crippen molar-refractivity contribution in [2.24, 2.45) is 0 Å². The number of hydrogen-bond acceptors (Lipinski definition) is 5. The smallest absolute Gasteiger partial charge is 0.264 e. The van der Waals surface area contributed by atoms with Crippen molar-refractivity contribution < 1.29 is 9.53 Å². The minimum Gasteiger partial charge on any atom is -0.371 e. The summed E-state index contributed by atoms with van der Waals surface area (Å²) in [5, 5.41) is 1.95. The summed E-state index contributed by atoms with van der Waals surface area (Å²) >= 11 is 3.47. The van der Waals surface area contributed by atoms with Crippen LogP contribution in [0.25, 0.3) is 0 Å². The molecular formula is C17H18N2O2S2. The van der Waals surface area contributed by atoms with E-state index in [0.717, 1.165) is 35.8 Å². The zero-order valence-corrected chi connectivity index (χ0v) is 14.3. The van der Waals surface area contributed by atoms with Gasteiger partial charge in [0.15, 0.2) is 0 Å². The number of carbonyl (C=O) groups is 1. The lowest BCUT2D eigenvalue weighted by molar-refractivity contribution is 0.0247. The SMILES string of the molecule is O=C(c1cccs1)N1CC2(C[C@@H](OCc3ccccn3)CS2)C1. The van der Waals surface area contributed by atoms with Gasteiger partial charge in [-0.15, -0.1) is 23.1 Å². The van der Waals surface area contributed by atoms with Crippen LogP contribution >= 0.6 is 23.1 Å². The van der Waals surface area contributed by atoms with E-state index in [1.165, 1.54) is 11.3 Å². The molecule has 120 valence electrons. The number of carbonyl (C=O) groups excluding carboxylic acids is 1. The summed E-state index contributed by atoms with van der Waals surface area (Å²) in [4.78, 5) is 19.4. The van der Waals surface area contributed by atoms with Crippen LogP contribution in [0.3, 0.4) is 0 Å². The molecule has 0 saturated carbocycles. The summed E-state index contributed by atoms with van der Waals surface area (Å²) in [5.74, 6) is 1.18. The van der Waals surface area contributed by atoms with Crippen LogP contribution in [0, 0.1) is 0 Å². The lowest BCUT2D eigenvalue weighted by Gasteiger charge is -2.47. The minimum atomic E-state index is 0.170. The monoisotopic (exact) mass is 346 g/mol. The molecule has 4 heterocycles. The Morgan fingerprint density at radius 2 is 2.26 bits per heavy atom. The van der Waals surface area contributed by atoms with Gasteiger partial charge in [-0.25, -0.2) is 0 Å². The molecular weight excluding hydrogens is 328 g/mol. The third-order valence-electron chi connectivity index (χ3n) is 4.35. The lowest BCUT2D eigenvalue weighted by atomic mass is 9.92. The first-order valence-corrected chi connectivity index (χ1v) is 9.59. The van der Waals surface area contributed by atoms with Gasteiger partial charge in [-0.1, -0.05) is 12.1 Å². The van der Waals surface area contributed by atoms with Gasteiger partial charge >= 0.3 is 0 Å². The highest BCUT2D eigenvalue weighted by Gasteiger charge is 2.51. The summed E-state index contributed by atoms with van der Waals surface area (Å²) in [6.45, 7) is 2.26. The fourth-order valence-corrected chi connectivity index (χ4v) is 5.41. The summed E-state index contributed by atoms with van der Waals surface area (Å²) in [7, 11) is 0. The van der Waals surface area contributed by atoms with Gasteiger partial charge < -0.3 is 9.64 Å². The Hall–Kier alpha value is -1.37.